The first-order valence-electron chi connectivity index (χ1n) is 15.7. The predicted molar refractivity (Wildman–Crippen MR) is 176 cm³/mol. The van der Waals surface area contributed by atoms with Crippen molar-refractivity contribution in [3.05, 3.63) is 96.2 Å². The molecular weight excluding hydrogens is 659 g/mol. The number of rotatable bonds is 7. The van der Waals surface area contributed by atoms with Crippen molar-refractivity contribution in [1.82, 2.24) is 20.1 Å². The quantitative estimate of drug-likeness (QED) is 0.208. The highest BCUT2D eigenvalue weighted by Crippen LogP contribution is 2.59. The van der Waals surface area contributed by atoms with Crippen LogP contribution in [0, 0.1) is 0 Å². The molecule has 0 aliphatic carbocycles. The third-order valence-electron chi connectivity index (χ3n) is 9.05. The van der Waals surface area contributed by atoms with Gasteiger partial charge < -0.3 is 29.9 Å². The first kappa shape index (κ1) is 34.0. The van der Waals surface area contributed by atoms with Gasteiger partial charge in [-0.05, 0) is 61.7 Å². The Kier molecular flexibility index (Phi) is 9.14. The predicted octanol–water partition coefficient (Wildman–Crippen LogP) is 4.47. The highest BCUT2D eigenvalue weighted by Gasteiger charge is 2.50. The molecule has 256 valence electrons. The van der Waals surface area contributed by atoms with Gasteiger partial charge in [0.05, 0.1) is 0 Å². The molecule has 2 aliphatic heterocycles. The van der Waals surface area contributed by atoms with Gasteiger partial charge >= 0.3 is 13.3 Å². The number of carbonyl (C=O) groups is 4. The molecule has 0 radical (unpaired) electrons. The van der Waals surface area contributed by atoms with E-state index >= 15 is 0 Å². The van der Waals surface area contributed by atoms with Gasteiger partial charge in [0, 0.05) is 53.9 Å². The molecule has 0 bridgehead atoms. The van der Waals surface area contributed by atoms with Crippen molar-refractivity contribution < 1.29 is 42.3 Å². The van der Waals surface area contributed by atoms with E-state index in [0.717, 1.165) is 12.1 Å². The average molecular weight is 694 g/mol. The molecule has 3 heterocycles. The smallest absolute Gasteiger partial charge is 0.351 e. The number of carbonyl (C=O) groups excluding carboxylic acids is 4. The molecule has 49 heavy (non-hydrogen) atoms. The lowest BCUT2D eigenvalue weighted by atomic mass is 10.1. The van der Waals surface area contributed by atoms with Crippen molar-refractivity contribution in [2.45, 2.75) is 50.0 Å². The van der Waals surface area contributed by atoms with Crippen LogP contribution in [0.1, 0.15) is 42.2 Å². The number of benzene rings is 3. The number of hydrogen-bond donors (Lipinski definition) is 4. The van der Waals surface area contributed by atoms with Gasteiger partial charge in [-0.25, -0.2) is 0 Å². The number of amides is 4. The normalized spacial score (nSPS) is 20.0. The Labute approximate surface area is 279 Å². The summed E-state index contributed by atoms with van der Waals surface area (Å²) < 4.78 is 40.1. The number of H-pyrrole nitrogens is 1. The molecule has 0 spiro atoms. The summed E-state index contributed by atoms with van der Waals surface area (Å²) in [4.78, 5) is 80.5. The Hall–Kier alpha value is -4.91. The maximum atomic E-state index is 14.4. The van der Waals surface area contributed by atoms with Gasteiger partial charge in [-0.1, -0.05) is 42.5 Å². The molecule has 4 aromatic rings. The Balaban J connectivity index is 1.30. The first-order valence-corrected chi connectivity index (χ1v) is 17.3. The number of halogens is 2. The molecule has 2 fully saturated rings. The lowest BCUT2D eigenvalue weighted by Gasteiger charge is -2.39. The molecule has 0 saturated carbocycles. The number of aromatic amines is 1. The topological polar surface area (TPSA) is 163 Å². The Morgan fingerprint density at radius 1 is 0.939 bits per heavy atom. The van der Waals surface area contributed by atoms with Crippen molar-refractivity contribution in [3.63, 3.8) is 0 Å². The number of aromatic nitrogens is 1. The third kappa shape index (κ3) is 6.59. The van der Waals surface area contributed by atoms with E-state index < -0.39 is 42.7 Å². The second-order valence-electron chi connectivity index (χ2n) is 12.2. The van der Waals surface area contributed by atoms with E-state index in [1.165, 1.54) is 28.9 Å². The van der Waals surface area contributed by atoms with Gasteiger partial charge in [-0.2, -0.15) is 8.78 Å². The summed E-state index contributed by atoms with van der Waals surface area (Å²) in [5.74, 6) is -1.94. The first-order chi connectivity index (χ1) is 23.3. The minimum Gasteiger partial charge on any atom is -0.351 e. The van der Waals surface area contributed by atoms with Crippen molar-refractivity contribution in [2.75, 3.05) is 18.0 Å². The molecular formula is C34H34F2N5O7P. The summed E-state index contributed by atoms with van der Waals surface area (Å²) in [7, 11) is -5.82. The molecule has 4 amide bonds. The Morgan fingerprint density at radius 2 is 1.57 bits per heavy atom. The fourth-order valence-electron chi connectivity index (χ4n) is 6.56. The van der Waals surface area contributed by atoms with Gasteiger partial charge in [-0.15, -0.1) is 0 Å². The number of nitrogens with one attached hydrogen (secondary N) is 2. The average Bonchev–Trinajstić information content (AvgIpc) is 3.69. The summed E-state index contributed by atoms with van der Waals surface area (Å²) in [6.07, 6.45) is 1.32. The van der Waals surface area contributed by atoms with Crippen LogP contribution in [0.4, 0.5) is 20.2 Å². The van der Waals surface area contributed by atoms with Crippen molar-refractivity contribution in [3.8, 4) is 0 Å². The molecule has 2 saturated heterocycles. The zero-order valence-electron chi connectivity index (χ0n) is 26.3. The van der Waals surface area contributed by atoms with Crippen LogP contribution < -0.4 is 10.2 Å². The van der Waals surface area contributed by atoms with Crippen LogP contribution in [0.25, 0.3) is 10.9 Å². The number of hydrogen-bond acceptors (Lipinski definition) is 5. The molecule has 2 aliphatic rings. The number of alkyl halides is 2. The minimum absolute atomic E-state index is 0.0808. The van der Waals surface area contributed by atoms with Gasteiger partial charge in [0.15, 0.2) is 0 Å². The summed E-state index contributed by atoms with van der Waals surface area (Å²) in [5, 5.41) is 2.76. The highest BCUT2D eigenvalue weighted by atomic mass is 31.2. The Morgan fingerprint density at radius 3 is 2.16 bits per heavy atom. The molecule has 3 aromatic carbocycles. The zero-order chi connectivity index (χ0) is 35.1. The van der Waals surface area contributed by atoms with Crippen molar-refractivity contribution >= 4 is 53.5 Å². The fraction of sp³-hybridized carbons (Fsp3) is 0.294. The largest absolute Gasteiger partial charge is 0.399 e. The van der Waals surface area contributed by atoms with Gasteiger partial charge in [0.25, 0.3) is 11.8 Å². The number of anilines is 2. The molecule has 4 N–H and O–H groups in total. The monoisotopic (exact) mass is 693 g/mol. The van der Waals surface area contributed by atoms with Crippen LogP contribution >= 0.6 is 7.60 Å². The SMILES string of the molecule is CC(=O)N1CC[C@H]2CC[C@@H](C(=O)N(c3ccccc3)c3ccccc3)N2C(=O)[C@@H](NC(=O)c2cc3cc(C(F)(F)P(=O)(O)O)ccc3[nH]2)C1. The fourth-order valence-corrected chi connectivity index (χ4v) is 7.04. The minimum atomic E-state index is -5.82. The van der Waals surface area contributed by atoms with Crippen LogP contribution in [0.3, 0.4) is 0 Å². The maximum Gasteiger partial charge on any atom is 0.399 e. The maximum absolute atomic E-state index is 14.4. The van der Waals surface area contributed by atoms with E-state index in [-0.39, 0.29) is 41.0 Å². The number of nitrogens with zero attached hydrogens (tertiary/aromatic N) is 3. The molecule has 12 nitrogen and oxygen atoms in total. The van der Waals surface area contributed by atoms with Crippen LogP contribution in [0.2, 0.25) is 0 Å². The van der Waals surface area contributed by atoms with E-state index in [2.05, 4.69) is 10.3 Å². The van der Waals surface area contributed by atoms with Crippen LogP contribution in [-0.2, 0) is 24.6 Å². The third-order valence-corrected chi connectivity index (χ3v) is 10.0. The van der Waals surface area contributed by atoms with E-state index in [1.54, 1.807) is 29.2 Å². The summed E-state index contributed by atoms with van der Waals surface area (Å²) in [6, 6.07) is 19.8. The molecule has 6 rings (SSSR count). The molecule has 1 aromatic heterocycles. The second kappa shape index (κ2) is 13.2. The number of para-hydroxylation sites is 2. The lowest BCUT2D eigenvalue weighted by molar-refractivity contribution is -0.144. The highest BCUT2D eigenvalue weighted by molar-refractivity contribution is 7.52. The zero-order valence-corrected chi connectivity index (χ0v) is 27.2. The number of fused-ring (bicyclic) bond motifs is 2. The van der Waals surface area contributed by atoms with E-state index in [1.807, 2.05) is 36.4 Å². The van der Waals surface area contributed by atoms with Gasteiger partial charge in [0.2, 0.25) is 11.8 Å². The van der Waals surface area contributed by atoms with Crippen LogP contribution in [0.5, 0.6) is 0 Å². The van der Waals surface area contributed by atoms with Gasteiger partial charge in [0.1, 0.15) is 17.8 Å². The molecule has 3 atom stereocenters. The van der Waals surface area contributed by atoms with E-state index in [4.69, 9.17) is 9.79 Å². The van der Waals surface area contributed by atoms with Crippen molar-refractivity contribution in [1.29, 1.82) is 0 Å². The van der Waals surface area contributed by atoms with E-state index in [9.17, 15) is 32.5 Å². The standard InChI is InChI=1S/C34H34F2N5O7P/c1-21(42)39-17-16-26-13-15-30(33(45)40(24-8-4-2-5-9-24)25-10-6-3-7-11-25)41(26)32(44)29(20-39)38-31(43)28-19-22-18-23(12-14-27(22)37-28)34(35,36)49(46,47)48/h2-12,14,18-19,26,29-30,37H,13,15-17,20H2,1H3,(H,38,43)(H2,46,47,48)/t26-,29+,30+/m1/s1. The summed E-state index contributed by atoms with van der Waals surface area (Å²) in [6.45, 7) is 1.50. The van der Waals surface area contributed by atoms with Crippen molar-refractivity contribution in [2.24, 2.45) is 0 Å². The lowest BCUT2D eigenvalue weighted by Crippen LogP contribution is -2.61. The van der Waals surface area contributed by atoms with Crippen LogP contribution in [-0.4, -0.2) is 79.4 Å². The summed E-state index contributed by atoms with van der Waals surface area (Å²) >= 11 is 0. The molecule has 0 unspecified atom stereocenters. The molecule has 15 heteroatoms. The summed E-state index contributed by atoms with van der Waals surface area (Å²) in [5.41, 5.74) is -4.01. The second-order valence-corrected chi connectivity index (χ2v) is 13.8. The Bertz CT molecular complexity index is 1910. The van der Waals surface area contributed by atoms with E-state index in [0.29, 0.717) is 37.2 Å². The van der Waals surface area contributed by atoms with Crippen LogP contribution in [0.15, 0.2) is 84.9 Å². The van der Waals surface area contributed by atoms with Gasteiger partial charge in [-0.3, -0.25) is 28.6 Å².